The van der Waals surface area contributed by atoms with Crippen molar-refractivity contribution in [2.45, 2.75) is 33.7 Å². The fourth-order valence-corrected chi connectivity index (χ4v) is 2.47. The number of nitrogens with zero attached hydrogens (tertiary/aromatic N) is 2. The van der Waals surface area contributed by atoms with Crippen LogP contribution in [0.2, 0.25) is 0 Å². The van der Waals surface area contributed by atoms with E-state index in [2.05, 4.69) is 22.4 Å². The molecule has 1 aromatic carbocycles. The van der Waals surface area contributed by atoms with E-state index in [1.807, 2.05) is 26.0 Å². The summed E-state index contributed by atoms with van der Waals surface area (Å²) in [7, 11) is 0. The highest BCUT2D eigenvalue weighted by Gasteiger charge is 2.05. The molecule has 5 heteroatoms. The fraction of sp³-hybridized carbons (Fsp3) is 0.385. The molecule has 96 valence electrons. The number of rotatable bonds is 4. The summed E-state index contributed by atoms with van der Waals surface area (Å²) in [6.45, 7) is 6.58. The van der Waals surface area contributed by atoms with E-state index in [-0.39, 0.29) is 0 Å². The molecule has 0 fully saturated rings. The maximum absolute atomic E-state index is 9.71. The van der Waals surface area contributed by atoms with E-state index in [1.165, 1.54) is 0 Å². The standard InChI is InChI=1S/C13H17N3OS/c1-4-11-15-16-13(18-11)14-7-10-5-8(2)12(17)9(3)6-10/h5-6,17H,4,7H2,1-3H3,(H,14,16). The third kappa shape index (κ3) is 2.79. The van der Waals surface area contributed by atoms with Crippen LogP contribution < -0.4 is 5.32 Å². The third-order valence-corrected chi connectivity index (χ3v) is 3.79. The van der Waals surface area contributed by atoms with Gasteiger partial charge in [0.1, 0.15) is 10.8 Å². The molecule has 18 heavy (non-hydrogen) atoms. The number of aromatic hydroxyl groups is 1. The molecule has 2 rings (SSSR count). The first-order chi connectivity index (χ1) is 8.60. The Morgan fingerprint density at radius 3 is 2.44 bits per heavy atom. The average molecular weight is 263 g/mol. The number of phenolic OH excluding ortho intramolecular Hbond substituents is 1. The Hall–Kier alpha value is -1.62. The second-order valence-electron chi connectivity index (χ2n) is 4.29. The molecule has 0 aliphatic heterocycles. The summed E-state index contributed by atoms with van der Waals surface area (Å²) < 4.78 is 0. The van der Waals surface area contributed by atoms with Crippen LogP contribution in [-0.4, -0.2) is 15.3 Å². The lowest BCUT2D eigenvalue weighted by Crippen LogP contribution is -2.00. The quantitative estimate of drug-likeness (QED) is 0.890. The van der Waals surface area contributed by atoms with Gasteiger partial charge < -0.3 is 10.4 Å². The van der Waals surface area contributed by atoms with Crippen LogP contribution in [0.25, 0.3) is 0 Å². The van der Waals surface area contributed by atoms with Gasteiger partial charge in [-0.2, -0.15) is 0 Å². The minimum atomic E-state index is 0.378. The zero-order chi connectivity index (χ0) is 13.1. The van der Waals surface area contributed by atoms with E-state index < -0.39 is 0 Å². The van der Waals surface area contributed by atoms with Crippen molar-refractivity contribution in [1.82, 2.24) is 10.2 Å². The molecule has 0 aliphatic carbocycles. The molecule has 0 unspecified atom stereocenters. The summed E-state index contributed by atoms with van der Waals surface area (Å²) >= 11 is 1.58. The second-order valence-corrected chi connectivity index (χ2v) is 5.35. The molecule has 0 aliphatic rings. The molecule has 1 heterocycles. The number of hydrogen-bond donors (Lipinski definition) is 2. The summed E-state index contributed by atoms with van der Waals surface area (Å²) in [5, 5.41) is 23.0. The van der Waals surface area contributed by atoms with E-state index >= 15 is 0 Å². The van der Waals surface area contributed by atoms with Crippen molar-refractivity contribution in [3.63, 3.8) is 0 Å². The van der Waals surface area contributed by atoms with Crippen molar-refractivity contribution < 1.29 is 5.11 Å². The number of phenols is 1. The van der Waals surface area contributed by atoms with Crippen LogP contribution in [0.3, 0.4) is 0 Å². The van der Waals surface area contributed by atoms with Crippen LogP contribution in [0.5, 0.6) is 5.75 Å². The predicted molar refractivity (Wildman–Crippen MR) is 74.2 cm³/mol. The van der Waals surface area contributed by atoms with Crippen LogP contribution in [-0.2, 0) is 13.0 Å². The number of anilines is 1. The zero-order valence-electron chi connectivity index (χ0n) is 10.8. The van der Waals surface area contributed by atoms with Crippen LogP contribution in [0.1, 0.15) is 28.6 Å². The zero-order valence-corrected chi connectivity index (χ0v) is 11.6. The largest absolute Gasteiger partial charge is 0.507 e. The molecular formula is C13H17N3OS. The minimum Gasteiger partial charge on any atom is -0.507 e. The van der Waals surface area contributed by atoms with Crippen LogP contribution in [0, 0.1) is 13.8 Å². The molecule has 0 radical (unpaired) electrons. The molecule has 1 aromatic heterocycles. The number of hydrogen-bond acceptors (Lipinski definition) is 5. The Kier molecular flexibility index (Phi) is 3.81. The number of nitrogens with one attached hydrogen (secondary N) is 1. The van der Waals surface area contributed by atoms with Crippen molar-refractivity contribution in [2.24, 2.45) is 0 Å². The van der Waals surface area contributed by atoms with Crippen molar-refractivity contribution >= 4 is 16.5 Å². The Bertz CT molecular complexity index is 528. The Labute approximate surface area is 111 Å². The van der Waals surface area contributed by atoms with Gasteiger partial charge in [-0.05, 0) is 37.0 Å². The maximum atomic E-state index is 9.71. The first-order valence-electron chi connectivity index (χ1n) is 5.95. The van der Waals surface area contributed by atoms with Crippen LogP contribution in [0.4, 0.5) is 5.13 Å². The molecule has 0 amide bonds. The second kappa shape index (κ2) is 5.35. The highest BCUT2D eigenvalue weighted by Crippen LogP contribution is 2.24. The average Bonchev–Trinajstić information content (AvgIpc) is 2.81. The van der Waals surface area contributed by atoms with Gasteiger partial charge in [0.15, 0.2) is 0 Å². The first kappa shape index (κ1) is 12.8. The first-order valence-corrected chi connectivity index (χ1v) is 6.77. The maximum Gasteiger partial charge on any atom is 0.205 e. The summed E-state index contributed by atoms with van der Waals surface area (Å²) in [5.41, 5.74) is 2.94. The predicted octanol–water partition coefficient (Wildman–Crippen LogP) is 3.04. The van der Waals surface area contributed by atoms with Crippen molar-refractivity contribution in [1.29, 1.82) is 0 Å². The fourth-order valence-electron chi connectivity index (χ4n) is 1.79. The van der Waals surface area contributed by atoms with Gasteiger partial charge in [0.25, 0.3) is 0 Å². The molecule has 0 atom stereocenters. The Balaban J connectivity index is 2.06. The van der Waals surface area contributed by atoms with Gasteiger partial charge in [0, 0.05) is 6.54 Å². The van der Waals surface area contributed by atoms with Gasteiger partial charge in [0.05, 0.1) is 0 Å². The van der Waals surface area contributed by atoms with Crippen molar-refractivity contribution in [3.8, 4) is 5.75 Å². The van der Waals surface area contributed by atoms with E-state index in [0.29, 0.717) is 12.3 Å². The Morgan fingerprint density at radius 2 is 1.89 bits per heavy atom. The van der Waals surface area contributed by atoms with Gasteiger partial charge >= 0.3 is 0 Å². The van der Waals surface area contributed by atoms with E-state index in [1.54, 1.807) is 11.3 Å². The lowest BCUT2D eigenvalue weighted by atomic mass is 10.1. The molecular weight excluding hydrogens is 246 g/mol. The lowest BCUT2D eigenvalue weighted by Gasteiger charge is -2.08. The normalized spacial score (nSPS) is 10.6. The molecule has 2 aromatic rings. The molecule has 0 saturated heterocycles. The topological polar surface area (TPSA) is 58.0 Å². The van der Waals surface area contributed by atoms with Gasteiger partial charge in [-0.3, -0.25) is 0 Å². The summed E-state index contributed by atoms with van der Waals surface area (Å²) in [5.74, 6) is 0.378. The molecule has 0 saturated carbocycles. The van der Waals surface area contributed by atoms with Crippen molar-refractivity contribution in [3.05, 3.63) is 33.8 Å². The smallest absolute Gasteiger partial charge is 0.205 e. The molecule has 4 nitrogen and oxygen atoms in total. The van der Waals surface area contributed by atoms with E-state index in [4.69, 9.17) is 0 Å². The van der Waals surface area contributed by atoms with Gasteiger partial charge in [-0.15, -0.1) is 10.2 Å². The highest BCUT2D eigenvalue weighted by atomic mass is 32.1. The number of benzene rings is 1. The summed E-state index contributed by atoms with van der Waals surface area (Å²) in [6, 6.07) is 3.97. The number of aromatic nitrogens is 2. The monoisotopic (exact) mass is 263 g/mol. The van der Waals surface area contributed by atoms with Crippen LogP contribution >= 0.6 is 11.3 Å². The van der Waals surface area contributed by atoms with Crippen molar-refractivity contribution in [2.75, 3.05) is 5.32 Å². The highest BCUT2D eigenvalue weighted by molar-refractivity contribution is 7.15. The van der Waals surface area contributed by atoms with Gasteiger partial charge in [-0.1, -0.05) is 30.4 Å². The van der Waals surface area contributed by atoms with E-state index in [0.717, 1.165) is 33.3 Å². The molecule has 0 bridgehead atoms. The molecule has 2 N–H and O–H groups in total. The van der Waals surface area contributed by atoms with E-state index in [9.17, 15) is 5.11 Å². The summed E-state index contributed by atoms with van der Waals surface area (Å²) in [6.07, 6.45) is 0.913. The van der Waals surface area contributed by atoms with Gasteiger partial charge in [-0.25, -0.2) is 0 Å². The molecule has 0 spiro atoms. The third-order valence-electron chi connectivity index (χ3n) is 2.76. The lowest BCUT2D eigenvalue weighted by molar-refractivity contribution is 0.466. The minimum absolute atomic E-state index is 0.378. The SMILES string of the molecule is CCc1nnc(NCc2cc(C)c(O)c(C)c2)s1. The van der Waals surface area contributed by atoms with Crippen LogP contribution in [0.15, 0.2) is 12.1 Å². The summed E-state index contributed by atoms with van der Waals surface area (Å²) in [4.78, 5) is 0. The number of aryl methyl sites for hydroxylation is 3. The van der Waals surface area contributed by atoms with Gasteiger partial charge in [0.2, 0.25) is 5.13 Å². The Morgan fingerprint density at radius 1 is 1.22 bits per heavy atom.